The van der Waals surface area contributed by atoms with E-state index in [4.69, 9.17) is 0 Å². The molecule has 3 rings (SSSR count). The Morgan fingerprint density at radius 2 is 2.19 bits per heavy atom. The van der Waals surface area contributed by atoms with Crippen molar-refractivity contribution in [3.8, 4) is 0 Å². The first kappa shape index (κ1) is 13.7. The number of fused-ring (bicyclic) bond motifs is 1. The van der Waals surface area contributed by atoms with Crippen LogP contribution in [-0.4, -0.2) is 22.6 Å². The highest BCUT2D eigenvalue weighted by Crippen LogP contribution is 2.25. The van der Waals surface area contributed by atoms with Crippen molar-refractivity contribution in [3.05, 3.63) is 41.6 Å². The van der Waals surface area contributed by atoms with Crippen LogP contribution >= 0.6 is 0 Å². The van der Waals surface area contributed by atoms with Gasteiger partial charge in [-0.1, -0.05) is 32.0 Å². The van der Waals surface area contributed by atoms with Crippen molar-refractivity contribution in [1.82, 2.24) is 10.2 Å². The smallest absolute Gasteiger partial charge is 0.230 e. The molecule has 0 spiro atoms. The van der Waals surface area contributed by atoms with Gasteiger partial charge in [-0.25, -0.2) is 0 Å². The van der Waals surface area contributed by atoms with E-state index in [0.29, 0.717) is 18.3 Å². The third-order valence-corrected chi connectivity index (χ3v) is 3.86. The summed E-state index contributed by atoms with van der Waals surface area (Å²) in [6.45, 7) is 4.83. The molecule has 0 aliphatic carbocycles. The topological polar surface area (TPSA) is 69.8 Å². The lowest BCUT2D eigenvalue weighted by Gasteiger charge is -2.24. The van der Waals surface area contributed by atoms with Crippen LogP contribution in [0.1, 0.15) is 31.0 Å². The van der Waals surface area contributed by atoms with Crippen molar-refractivity contribution in [2.24, 2.45) is 5.92 Å². The molecule has 5 nitrogen and oxygen atoms in total. The first-order valence-electron chi connectivity index (χ1n) is 7.31. The molecule has 1 aromatic heterocycles. The number of carbonyl (C=O) groups excluding carboxylic acids is 1. The number of carbonyl (C=O) groups is 1. The van der Waals surface area contributed by atoms with E-state index in [1.807, 2.05) is 24.3 Å². The van der Waals surface area contributed by atoms with Crippen LogP contribution in [0.25, 0.3) is 0 Å². The van der Waals surface area contributed by atoms with E-state index < -0.39 is 0 Å². The Morgan fingerprint density at radius 1 is 1.38 bits per heavy atom. The maximum atomic E-state index is 12.4. The monoisotopic (exact) mass is 284 g/mol. The van der Waals surface area contributed by atoms with Gasteiger partial charge in [0.15, 0.2) is 5.82 Å². The molecule has 5 heteroatoms. The number of benzene rings is 1. The van der Waals surface area contributed by atoms with Crippen molar-refractivity contribution in [3.63, 3.8) is 0 Å². The molecule has 2 heterocycles. The number of anilines is 2. The van der Waals surface area contributed by atoms with Gasteiger partial charge in [0.1, 0.15) is 0 Å². The molecule has 0 saturated heterocycles. The summed E-state index contributed by atoms with van der Waals surface area (Å²) >= 11 is 0. The van der Waals surface area contributed by atoms with Crippen LogP contribution in [0, 0.1) is 5.92 Å². The van der Waals surface area contributed by atoms with Crippen molar-refractivity contribution in [2.75, 3.05) is 17.2 Å². The number of aromatic nitrogens is 2. The number of H-pyrrole nitrogens is 1. The summed E-state index contributed by atoms with van der Waals surface area (Å²) in [5, 5.41) is 13.3. The fraction of sp³-hybridized carbons (Fsp3) is 0.375. The average Bonchev–Trinajstić information content (AvgIpc) is 2.95. The fourth-order valence-electron chi connectivity index (χ4n) is 2.55. The largest absolute Gasteiger partial charge is 0.384 e. The summed E-state index contributed by atoms with van der Waals surface area (Å²) < 4.78 is 0. The zero-order valence-electron chi connectivity index (χ0n) is 12.3. The van der Waals surface area contributed by atoms with Gasteiger partial charge in [-0.3, -0.25) is 9.89 Å². The number of hydrogen-bond acceptors (Lipinski definition) is 3. The SMILES string of the molecule is CC(C)c1cc(NC(=O)C2CNc3ccccc3C2)n[nH]1. The summed E-state index contributed by atoms with van der Waals surface area (Å²) in [5.41, 5.74) is 3.34. The van der Waals surface area contributed by atoms with Crippen molar-refractivity contribution < 1.29 is 4.79 Å². The molecule has 0 fully saturated rings. The first-order valence-corrected chi connectivity index (χ1v) is 7.31. The second-order valence-corrected chi connectivity index (χ2v) is 5.79. The molecular formula is C16H20N4O. The molecule has 1 aromatic carbocycles. The highest BCUT2D eigenvalue weighted by atomic mass is 16.2. The number of para-hydroxylation sites is 1. The molecule has 110 valence electrons. The maximum absolute atomic E-state index is 12.4. The summed E-state index contributed by atoms with van der Waals surface area (Å²) in [7, 11) is 0. The Morgan fingerprint density at radius 3 is 2.95 bits per heavy atom. The number of aromatic amines is 1. The number of rotatable bonds is 3. The van der Waals surface area contributed by atoms with Crippen LogP contribution in [0.5, 0.6) is 0 Å². The van der Waals surface area contributed by atoms with Gasteiger partial charge in [0.25, 0.3) is 0 Å². The van der Waals surface area contributed by atoms with Gasteiger partial charge in [0.2, 0.25) is 5.91 Å². The summed E-state index contributed by atoms with van der Waals surface area (Å²) in [5.74, 6) is 0.909. The van der Waals surface area contributed by atoms with E-state index in [1.165, 1.54) is 5.56 Å². The second-order valence-electron chi connectivity index (χ2n) is 5.79. The minimum atomic E-state index is -0.0703. The number of amides is 1. The molecule has 1 amide bonds. The third-order valence-electron chi connectivity index (χ3n) is 3.86. The lowest BCUT2D eigenvalue weighted by atomic mass is 9.93. The lowest BCUT2D eigenvalue weighted by Crippen LogP contribution is -2.33. The zero-order valence-corrected chi connectivity index (χ0v) is 12.3. The van der Waals surface area contributed by atoms with Gasteiger partial charge in [-0.15, -0.1) is 0 Å². The molecule has 0 radical (unpaired) electrons. The van der Waals surface area contributed by atoms with Gasteiger partial charge in [-0.2, -0.15) is 5.10 Å². The third kappa shape index (κ3) is 2.91. The Hall–Kier alpha value is -2.30. The Balaban J connectivity index is 1.66. The van der Waals surface area contributed by atoms with Gasteiger partial charge in [0, 0.05) is 24.0 Å². The highest BCUT2D eigenvalue weighted by molar-refractivity contribution is 5.92. The van der Waals surface area contributed by atoms with Crippen molar-refractivity contribution >= 4 is 17.4 Å². The van der Waals surface area contributed by atoms with E-state index in [9.17, 15) is 4.79 Å². The van der Waals surface area contributed by atoms with Crippen LogP contribution in [-0.2, 0) is 11.2 Å². The second kappa shape index (κ2) is 5.60. The van der Waals surface area contributed by atoms with Crippen LogP contribution in [0.15, 0.2) is 30.3 Å². The number of nitrogens with zero attached hydrogens (tertiary/aromatic N) is 1. The van der Waals surface area contributed by atoms with Gasteiger partial charge in [0.05, 0.1) is 5.92 Å². The predicted molar refractivity (Wildman–Crippen MR) is 83.4 cm³/mol. The summed E-state index contributed by atoms with van der Waals surface area (Å²) in [6.07, 6.45) is 0.760. The number of nitrogens with one attached hydrogen (secondary N) is 3. The van der Waals surface area contributed by atoms with Crippen molar-refractivity contribution in [1.29, 1.82) is 0 Å². The van der Waals surface area contributed by atoms with E-state index in [-0.39, 0.29) is 11.8 Å². The average molecular weight is 284 g/mol. The normalized spacial score (nSPS) is 17.2. The Labute approximate surface area is 124 Å². The van der Waals surface area contributed by atoms with Gasteiger partial charge < -0.3 is 10.6 Å². The van der Waals surface area contributed by atoms with Crippen LogP contribution in [0.3, 0.4) is 0 Å². The quantitative estimate of drug-likeness (QED) is 0.811. The summed E-state index contributed by atoms with van der Waals surface area (Å²) in [6, 6.07) is 10.0. The van der Waals surface area contributed by atoms with Crippen molar-refractivity contribution in [2.45, 2.75) is 26.2 Å². The van der Waals surface area contributed by atoms with Crippen LogP contribution in [0.4, 0.5) is 11.5 Å². The minimum absolute atomic E-state index is 0.0128. The molecule has 1 aliphatic heterocycles. The first-order chi connectivity index (χ1) is 10.1. The minimum Gasteiger partial charge on any atom is -0.384 e. The molecule has 3 N–H and O–H groups in total. The maximum Gasteiger partial charge on any atom is 0.230 e. The Kier molecular flexibility index (Phi) is 3.64. The molecule has 1 atom stereocenters. The molecule has 0 bridgehead atoms. The van der Waals surface area contributed by atoms with Crippen LogP contribution in [0.2, 0.25) is 0 Å². The number of hydrogen-bond donors (Lipinski definition) is 3. The molecule has 1 aliphatic rings. The standard InChI is InChI=1S/C16H20N4O/c1-10(2)14-8-15(20-19-14)18-16(21)12-7-11-5-3-4-6-13(11)17-9-12/h3-6,8,10,12,17H,7,9H2,1-2H3,(H2,18,19,20,21). The highest BCUT2D eigenvalue weighted by Gasteiger charge is 2.24. The molecule has 21 heavy (non-hydrogen) atoms. The molecular weight excluding hydrogens is 264 g/mol. The predicted octanol–water partition coefficient (Wildman–Crippen LogP) is 2.76. The van der Waals surface area contributed by atoms with Crippen LogP contribution < -0.4 is 10.6 Å². The lowest BCUT2D eigenvalue weighted by molar-refractivity contribution is -0.119. The molecule has 2 aromatic rings. The Bertz CT molecular complexity index is 647. The summed E-state index contributed by atoms with van der Waals surface area (Å²) in [4.78, 5) is 12.4. The molecule has 0 saturated carbocycles. The molecule has 1 unspecified atom stereocenters. The van der Waals surface area contributed by atoms with Gasteiger partial charge >= 0.3 is 0 Å². The van der Waals surface area contributed by atoms with E-state index >= 15 is 0 Å². The van der Waals surface area contributed by atoms with E-state index in [0.717, 1.165) is 17.8 Å². The van der Waals surface area contributed by atoms with E-state index in [1.54, 1.807) is 0 Å². The zero-order chi connectivity index (χ0) is 14.8. The van der Waals surface area contributed by atoms with E-state index in [2.05, 4.69) is 40.7 Å². The fourth-order valence-corrected chi connectivity index (χ4v) is 2.55. The van der Waals surface area contributed by atoms with Gasteiger partial charge in [-0.05, 0) is 24.0 Å².